The molecule has 0 atom stereocenters. The maximum absolute atomic E-state index is 4.29. The summed E-state index contributed by atoms with van der Waals surface area (Å²) < 4.78 is 2.06. The highest BCUT2D eigenvalue weighted by Crippen LogP contribution is 2.13. The Balaban J connectivity index is 2.00. The van der Waals surface area contributed by atoms with E-state index in [-0.39, 0.29) is 0 Å². The second-order valence-corrected chi connectivity index (χ2v) is 4.66. The Bertz CT molecular complexity index is 681. The first-order chi connectivity index (χ1) is 8.74. The van der Waals surface area contributed by atoms with Gasteiger partial charge in [-0.1, -0.05) is 35.9 Å². The Hall–Kier alpha value is -2.16. The first-order valence-electron chi connectivity index (χ1n) is 6.09. The molecule has 0 saturated heterocycles. The van der Waals surface area contributed by atoms with Crippen LogP contribution in [-0.4, -0.2) is 14.6 Å². The first kappa shape index (κ1) is 11.0. The van der Waals surface area contributed by atoms with Gasteiger partial charge in [0, 0.05) is 12.6 Å². The molecule has 0 aliphatic rings. The highest BCUT2D eigenvalue weighted by Gasteiger charge is 2.07. The fourth-order valence-corrected chi connectivity index (χ4v) is 2.11. The minimum absolute atomic E-state index is 0.810. The summed E-state index contributed by atoms with van der Waals surface area (Å²) in [6.45, 7) is 4.15. The number of rotatable bonds is 2. The van der Waals surface area contributed by atoms with Crippen LogP contribution in [0, 0.1) is 13.8 Å². The van der Waals surface area contributed by atoms with Crippen molar-refractivity contribution in [1.82, 2.24) is 14.6 Å². The smallest absolute Gasteiger partial charge is 0.163 e. The van der Waals surface area contributed by atoms with Gasteiger partial charge in [-0.25, -0.2) is 0 Å². The lowest BCUT2D eigenvalue weighted by molar-refractivity contribution is 0.933. The topological polar surface area (TPSA) is 30.2 Å². The number of benzene rings is 1. The zero-order chi connectivity index (χ0) is 12.5. The molecule has 2 heterocycles. The van der Waals surface area contributed by atoms with Gasteiger partial charge in [-0.15, -0.1) is 10.2 Å². The first-order valence-corrected chi connectivity index (χ1v) is 6.09. The summed E-state index contributed by atoms with van der Waals surface area (Å²) in [7, 11) is 0. The molecular weight excluding hydrogens is 222 g/mol. The van der Waals surface area contributed by atoms with Crippen LogP contribution in [0.5, 0.6) is 0 Å². The number of hydrogen-bond donors (Lipinski definition) is 0. The molecule has 0 spiro atoms. The van der Waals surface area contributed by atoms with Gasteiger partial charge in [0.2, 0.25) is 0 Å². The van der Waals surface area contributed by atoms with Crippen LogP contribution in [0.25, 0.3) is 5.65 Å². The van der Waals surface area contributed by atoms with Crippen molar-refractivity contribution in [2.24, 2.45) is 0 Å². The summed E-state index contributed by atoms with van der Waals surface area (Å²) >= 11 is 0. The summed E-state index contributed by atoms with van der Waals surface area (Å²) in [4.78, 5) is 0. The molecule has 3 nitrogen and oxygen atoms in total. The standard InChI is InChI=1S/C15H15N3/c1-11-5-7-13(8-6-11)10-14-16-17-15-12(2)4-3-9-18(14)15/h3-9H,10H2,1-2H3. The van der Waals surface area contributed by atoms with Crippen LogP contribution in [0.15, 0.2) is 42.6 Å². The van der Waals surface area contributed by atoms with Crippen molar-refractivity contribution in [2.45, 2.75) is 20.3 Å². The maximum Gasteiger partial charge on any atom is 0.163 e. The Labute approximate surface area is 106 Å². The molecule has 2 aromatic heterocycles. The van der Waals surface area contributed by atoms with E-state index in [4.69, 9.17) is 0 Å². The van der Waals surface area contributed by atoms with Crippen LogP contribution in [-0.2, 0) is 6.42 Å². The molecular formula is C15H15N3. The number of hydrogen-bond acceptors (Lipinski definition) is 2. The molecule has 0 amide bonds. The number of fused-ring (bicyclic) bond motifs is 1. The molecule has 3 rings (SSSR count). The van der Waals surface area contributed by atoms with Crippen molar-refractivity contribution in [3.05, 3.63) is 65.1 Å². The predicted octanol–water partition coefficient (Wildman–Crippen LogP) is 2.94. The molecule has 1 aromatic carbocycles. The van der Waals surface area contributed by atoms with Crippen LogP contribution in [0.3, 0.4) is 0 Å². The van der Waals surface area contributed by atoms with Crippen LogP contribution >= 0.6 is 0 Å². The van der Waals surface area contributed by atoms with Gasteiger partial charge in [0.15, 0.2) is 5.65 Å². The highest BCUT2D eigenvalue weighted by molar-refractivity contribution is 5.46. The molecule has 0 radical (unpaired) electrons. The van der Waals surface area contributed by atoms with Crippen molar-refractivity contribution in [2.75, 3.05) is 0 Å². The summed E-state index contributed by atoms with van der Waals surface area (Å²) in [6.07, 6.45) is 2.83. The SMILES string of the molecule is Cc1ccc(Cc2nnc3c(C)cccn23)cc1. The van der Waals surface area contributed by atoms with Crippen molar-refractivity contribution in [1.29, 1.82) is 0 Å². The minimum atomic E-state index is 0.810. The molecule has 18 heavy (non-hydrogen) atoms. The molecule has 0 bridgehead atoms. The van der Waals surface area contributed by atoms with E-state index in [9.17, 15) is 0 Å². The summed E-state index contributed by atoms with van der Waals surface area (Å²) in [5.74, 6) is 0.984. The van der Waals surface area contributed by atoms with Gasteiger partial charge in [-0.3, -0.25) is 4.40 Å². The monoisotopic (exact) mass is 237 g/mol. The van der Waals surface area contributed by atoms with E-state index in [0.29, 0.717) is 0 Å². The molecule has 0 fully saturated rings. The zero-order valence-corrected chi connectivity index (χ0v) is 10.6. The van der Waals surface area contributed by atoms with Gasteiger partial charge in [0.1, 0.15) is 5.82 Å². The summed E-state index contributed by atoms with van der Waals surface area (Å²) in [5, 5.41) is 8.53. The predicted molar refractivity (Wildman–Crippen MR) is 71.7 cm³/mol. The fraction of sp³-hybridized carbons (Fsp3) is 0.200. The lowest BCUT2D eigenvalue weighted by Crippen LogP contribution is -1.96. The van der Waals surface area contributed by atoms with Crippen molar-refractivity contribution >= 4 is 5.65 Å². The summed E-state index contributed by atoms with van der Waals surface area (Å²) in [5.41, 5.74) is 4.64. The number of nitrogens with zero attached hydrogens (tertiary/aromatic N) is 3. The largest absolute Gasteiger partial charge is 0.286 e. The molecule has 0 saturated carbocycles. The van der Waals surface area contributed by atoms with Crippen LogP contribution < -0.4 is 0 Å². The average molecular weight is 237 g/mol. The van der Waals surface area contributed by atoms with Gasteiger partial charge in [0.05, 0.1) is 0 Å². The van der Waals surface area contributed by atoms with Gasteiger partial charge < -0.3 is 0 Å². The average Bonchev–Trinajstić information content (AvgIpc) is 2.77. The van der Waals surface area contributed by atoms with E-state index in [1.165, 1.54) is 11.1 Å². The Morgan fingerprint density at radius 2 is 1.78 bits per heavy atom. The van der Waals surface area contributed by atoms with E-state index in [1.807, 2.05) is 12.3 Å². The molecule has 0 N–H and O–H groups in total. The van der Waals surface area contributed by atoms with Crippen LogP contribution in [0.2, 0.25) is 0 Å². The lowest BCUT2D eigenvalue weighted by atomic mass is 10.1. The normalized spacial score (nSPS) is 11.0. The second-order valence-electron chi connectivity index (χ2n) is 4.66. The Morgan fingerprint density at radius 3 is 2.56 bits per heavy atom. The number of pyridine rings is 1. The maximum atomic E-state index is 4.29. The van der Waals surface area contributed by atoms with E-state index < -0.39 is 0 Å². The van der Waals surface area contributed by atoms with Crippen molar-refractivity contribution < 1.29 is 0 Å². The lowest BCUT2D eigenvalue weighted by Gasteiger charge is -2.02. The van der Waals surface area contributed by atoms with Crippen molar-refractivity contribution in [3.63, 3.8) is 0 Å². The quantitative estimate of drug-likeness (QED) is 0.686. The third kappa shape index (κ3) is 1.88. The van der Waals surface area contributed by atoms with Gasteiger partial charge in [-0.05, 0) is 31.0 Å². The fourth-order valence-electron chi connectivity index (χ4n) is 2.11. The molecule has 0 aliphatic carbocycles. The minimum Gasteiger partial charge on any atom is -0.286 e. The third-order valence-corrected chi connectivity index (χ3v) is 3.18. The highest BCUT2D eigenvalue weighted by atomic mass is 15.2. The Kier molecular flexibility index (Phi) is 2.59. The molecule has 0 unspecified atom stereocenters. The van der Waals surface area contributed by atoms with E-state index in [0.717, 1.165) is 23.5 Å². The van der Waals surface area contributed by atoms with Gasteiger partial charge in [0.25, 0.3) is 0 Å². The Morgan fingerprint density at radius 1 is 1.00 bits per heavy atom. The van der Waals surface area contributed by atoms with Crippen molar-refractivity contribution in [3.8, 4) is 0 Å². The third-order valence-electron chi connectivity index (χ3n) is 3.18. The second kappa shape index (κ2) is 4.26. The van der Waals surface area contributed by atoms with Crippen LogP contribution in [0.1, 0.15) is 22.5 Å². The van der Waals surface area contributed by atoms with Crippen LogP contribution in [0.4, 0.5) is 0 Å². The molecule has 90 valence electrons. The zero-order valence-electron chi connectivity index (χ0n) is 10.6. The molecule has 0 aliphatic heterocycles. The van der Waals surface area contributed by atoms with Gasteiger partial charge >= 0.3 is 0 Å². The van der Waals surface area contributed by atoms with E-state index in [1.54, 1.807) is 0 Å². The number of aromatic nitrogens is 3. The summed E-state index contributed by atoms with van der Waals surface area (Å²) in [6, 6.07) is 12.6. The van der Waals surface area contributed by atoms with Gasteiger partial charge in [-0.2, -0.15) is 0 Å². The number of aryl methyl sites for hydroxylation is 2. The van der Waals surface area contributed by atoms with E-state index >= 15 is 0 Å². The molecule has 3 heteroatoms. The molecule has 3 aromatic rings. The van der Waals surface area contributed by atoms with E-state index in [2.05, 4.69) is 58.8 Å².